The average Bonchev–Trinajstić information content (AvgIpc) is 3.21. The van der Waals surface area contributed by atoms with Gasteiger partial charge in [-0.25, -0.2) is 15.0 Å². The third kappa shape index (κ3) is 5.02. The number of nitriles is 1. The summed E-state index contributed by atoms with van der Waals surface area (Å²) in [5, 5.41) is 25.6. The van der Waals surface area contributed by atoms with Crippen molar-refractivity contribution in [3.63, 3.8) is 0 Å². The maximum atomic E-state index is 13.2. The van der Waals surface area contributed by atoms with Crippen LogP contribution in [0.1, 0.15) is 23.7 Å². The Bertz CT molecular complexity index is 1310. The van der Waals surface area contributed by atoms with Crippen molar-refractivity contribution in [3.05, 3.63) is 53.3 Å². The predicted molar refractivity (Wildman–Crippen MR) is 125 cm³/mol. The average molecular weight is 500 g/mol. The van der Waals surface area contributed by atoms with Gasteiger partial charge in [-0.2, -0.15) is 18.4 Å². The molecular formula is C24H23F3N6O3. The summed E-state index contributed by atoms with van der Waals surface area (Å²) in [4.78, 5) is 12.2. The Morgan fingerprint density at radius 3 is 2.72 bits per heavy atom. The van der Waals surface area contributed by atoms with Gasteiger partial charge in [-0.3, -0.25) is 0 Å². The Balaban J connectivity index is 1.68. The van der Waals surface area contributed by atoms with Crippen LogP contribution < -0.4 is 15.4 Å². The Kier molecular flexibility index (Phi) is 6.96. The molecule has 1 unspecified atom stereocenters. The van der Waals surface area contributed by atoms with Gasteiger partial charge in [0.25, 0.3) is 0 Å². The number of halogens is 3. The number of rotatable bonds is 8. The van der Waals surface area contributed by atoms with Crippen LogP contribution in [0.4, 0.5) is 30.5 Å². The zero-order chi connectivity index (χ0) is 25.9. The van der Waals surface area contributed by atoms with E-state index in [1.165, 1.54) is 19.4 Å². The fraction of sp³-hybridized carbons (Fsp3) is 0.333. The maximum Gasteiger partial charge on any atom is 0.433 e. The molecule has 2 aromatic heterocycles. The highest BCUT2D eigenvalue weighted by atomic mass is 19.4. The highest BCUT2D eigenvalue weighted by Crippen LogP contribution is 2.41. The lowest BCUT2D eigenvalue weighted by Gasteiger charge is -2.21. The molecule has 0 spiro atoms. The molecular weight excluding hydrogens is 477 g/mol. The van der Waals surface area contributed by atoms with Gasteiger partial charge in [0.05, 0.1) is 30.2 Å². The second kappa shape index (κ2) is 9.96. The Hall–Kier alpha value is -3.95. The molecule has 188 valence electrons. The lowest BCUT2D eigenvalue weighted by molar-refractivity contribution is -0.141. The van der Waals surface area contributed by atoms with E-state index in [9.17, 15) is 23.5 Å². The number of ether oxygens (including phenoxy) is 2. The molecule has 3 aromatic rings. The van der Waals surface area contributed by atoms with Crippen LogP contribution in [0.2, 0.25) is 0 Å². The Labute approximate surface area is 204 Å². The number of nitrogens with zero attached hydrogens (tertiary/aromatic N) is 4. The summed E-state index contributed by atoms with van der Waals surface area (Å²) in [6, 6.07) is 9.38. The van der Waals surface area contributed by atoms with Crippen LogP contribution in [0.25, 0.3) is 11.3 Å². The maximum absolute atomic E-state index is 13.2. The van der Waals surface area contributed by atoms with Crippen LogP contribution in [0.15, 0.2) is 36.5 Å². The van der Waals surface area contributed by atoms with Gasteiger partial charge < -0.3 is 25.2 Å². The number of anilines is 3. The first kappa shape index (κ1) is 25.2. The standard InChI is InChI=1S/C24H23F3N6O3/c1-23(13-34)12-30-20-15(11-28)9-14(10-16(20)23)17-5-6-29-22(31-17)32-18-3-4-19(24(25,26)27)33-21(18)36-8-7-35-2/h3-6,9-10,30,34H,7-8,12-13H2,1-2H3,(H,29,31,32). The molecule has 0 saturated carbocycles. The van der Waals surface area contributed by atoms with Crippen molar-refractivity contribution < 1.29 is 27.8 Å². The summed E-state index contributed by atoms with van der Waals surface area (Å²) in [6.45, 7) is 2.42. The molecule has 0 amide bonds. The largest absolute Gasteiger partial charge is 0.474 e. The molecule has 1 atom stereocenters. The lowest BCUT2D eigenvalue weighted by Crippen LogP contribution is -2.28. The van der Waals surface area contributed by atoms with Crippen molar-refractivity contribution >= 4 is 17.3 Å². The molecule has 12 heteroatoms. The number of aliphatic hydroxyl groups is 1. The zero-order valence-electron chi connectivity index (χ0n) is 19.5. The van der Waals surface area contributed by atoms with E-state index in [1.807, 2.05) is 13.0 Å². The third-order valence-corrected chi connectivity index (χ3v) is 5.79. The smallest absolute Gasteiger partial charge is 0.433 e. The van der Waals surface area contributed by atoms with Crippen LogP contribution in [0.3, 0.4) is 0 Å². The minimum atomic E-state index is -4.64. The molecule has 0 aliphatic carbocycles. The van der Waals surface area contributed by atoms with Gasteiger partial charge >= 0.3 is 6.18 Å². The number of aliphatic hydroxyl groups excluding tert-OH is 1. The van der Waals surface area contributed by atoms with Crippen molar-refractivity contribution in [1.82, 2.24) is 15.0 Å². The van der Waals surface area contributed by atoms with Crippen LogP contribution in [0, 0.1) is 11.3 Å². The highest BCUT2D eigenvalue weighted by molar-refractivity contribution is 5.76. The van der Waals surface area contributed by atoms with Crippen LogP contribution in [0.5, 0.6) is 5.88 Å². The first-order chi connectivity index (χ1) is 17.2. The van der Waals surface area contributed by atoms with Gasteiger partial charge in [-0.05, 0) is 35.9 Å². The number of hydrogen-bond donors (Lipinski definition) is 3. The second-order valence-electron chi connectivity index (χ2n) is 8.41. The molecule has 0 saturated heterocycles. The molecule has 36 heavy (non-hydrogen) atoms. The number of nitrogens with one attached hydrogen (secondary N) is 2. The van der Waals surface area contributed by atoms with E-state index in [-0.39, 0.29) is 37.3 Å². The van der Waals surface area contributed by atoms with E-state index in [1.54, 1.807) is 12.1 Å². The highest BCUT2D eigenvalue weighted by Gasteiger charge is 2.36. The van der Waals surface area contributed by atoms with Gasteiger partial charge in [0.1, 0.15) is 24.1 Å². The number of pyridine rings is 1. The summed E-state index contributed by atoms with van der Waals surface area (Å²) in [5.41, 5.74) is 1.46. The molecule has 0 bridgehead atoms. The van der Waals surface area contributed by atoms with Crippen LogP contribution >= 0.6 is 0 Å². The molecule has 0 radical (unpaired) electrons. The summed E-state index contributed by atoms with van der Waals surface area (Å²) in [6.07, 6.45) is -3.16. The van der Waals surface area contributed by atoms with E-state index >= 15 is 0 Å². The Morgan fingerprint density at radius 1 is 1.22 bits per heavy atom. The van der Waals surface area contributed by atoms with E-state index in [4.69, 9.17) is 9.47 Å². The van der Waals surface area contributed by atoms with Gasteiger partial charge in [-0.1, -0.05) is 6.92 Å². The van der Waals surface area contributed by atoms with Crippen molar-refractivity contribution in [3.8, 4) is 23.2 Å². The topological polar surface area (TPSA) is 125 Å². The first-order valence-electron chi connectivity index (χ1n) is 10.9. The number of methoxy groups -OCH3 is 1. The van der Waals surface area contributed by atoms with Crippen molar-refractivity contribution in [2.24, 2.45) is 0 Å². The fourth-order valence-corrected chi connectivity index (χ4v) is 3.79. The first-order valence-corrected chi connectivity index (χ1v) is 10.9. The number of hydrogen-bond acceptors (Lipinski definition) is 9. The third-order valence-electron chi connectivity index (χ3n) is 5.79. The van der Waals surface area contributed by atoms with Gasteiger partial charge in [-0.15, -0.1) is 0 Å². The number of fused-ring (bicyclic) bond motifs is 1. The van der Waals surface area contributed by atoms with E-state index in [2.05, 4.69) is 31.7 Å². The van der Waals surface area contributed by atoms with Crippen molar-refractivity contribution in [2.75, 3.05) is 44.1 Å². The molecule has 3 heterocycles. The molecule has 9 nitrogen and oxygen atoms in total. The molecule has 1 aliphatic heterocycles. The zero-order valence-corrected chi connectivity index (χ0v) is 19.5. The summed E-state index contributed by atoms with van der Waals surface area (Å²) < 4.78 is 49.8. The Morgan fingerprint density at radius 2 is 2.03 bits per heavy atom. The van der Waals surface area contributed by atoms with E-state index in [0.29, 0.717) is 29.1 Å². The molecule has 3 N–H and O–H groups in total. The molecule has 0 fully saturated rings. The van der Waals surface area contributed by atoms with Crippen molar-refractivity contribution in [2.45, 2.75) is 18.5 Å². The molecule has 1 aromatic carbocycles. The van der Waals surface area contributed by atoms with Gasteiger partial charge in [0.15, 0.2) is 0 Å². The molecule has 4 rings (SSSR count). The minimum Gasteiger partial charge on any atom is -0.474 e. The lowest BCUT2D eigenvalue weighted by atomic mass is 9.83. The number of benzene rings is 1. The fourth-order valence-electron chi connectivity index (χ4n) is 3.79. The number of alkyl halides is 3. The summed E-state index contributed by atoms with van der Waals surface area (Å²) in [7, 11) is 1.44. The minimum absolute atomic E-state index is 0.00981. The van der Waals surface area contributed by atoms with Crippen LogP contribution in [-0.2, 0) is 16.3 Å². The second-order valence-corrected chi connectivity index (χ2v) is 8.41. The SMILES string of the molecule is COCCOc1nc(C(F)(F)F)ccc1Nc1nccc(-c2cc(C#N)c3c(c2)C(C)(CO)CN3)n1. The monoisotopic (exact) mass is 500 g/mol. The number of aromatic nitrogens is 3. The normalized spacial score (nSPS) is 16.7. The summed E-state index contributed by atoms with van der Waals surface area (Å²) >= 11 is 0. The van der Waals surface area contributed by atoms with Crippen LogP contribution in [-0.4, -0.2) is 53.5 Å². The van der Waals surface area contributed by atoms with Gasteiger partial charge in [0.2, 0.25) is 11.8 Å². The van der Waals surface area contributed by atoms with Crippen molar-refractivity contribution in [1.29, 1.82) is 5.26 Å². The summed E-state index contributed by atoms with van der Waals surface area (Å²) in [5.74, 6) is -0.183. The molecule has 1 aliphatic rings. The van der Waals surface area contributed by atoms with E-state index < -0.39 is 17.3 Å². The van der Waals surface area contributed by atoms with Gasteiger partial charge in [0, 0.05) is 30.8 Å². The van der Waals surface area contributed by atoms with E-state index in [0.717, 1.165) is 11.6 Å². The quantitative estimate of drug-likeness (QED) is 0.395. The predicted octanol–water partition coefficient (Wildman–Crippen LogP) is 3.87.